The Bertz CT molecular complexity index is 662. The van der Waals surface area contributed by atoms with Gasteiger partial charge in [0.15, 0.2) is 0 Å². The van der Waals surface area contributed by atoms with Crippen molar-refractivity contribution in [2.45, 2.75) is 0 Å². The zero-order chi connectivity index (χ0) is 13.5. The molecule has 0 heterocycles. The van der Waals surface area contributed by atoms with Crippen molar-refractivity contribution in [3.05, 3.63) is 64.7 Å². The quantitative estimate of drug-likeness (QED) is 0.715. The van der Waals surface area contributed by atoms with Gasteiger partial charge in [-0.2, -0.15) is 0 Å². The van der Waals surface area contributed by atoms with Crippen LogP contribution in [-0.2, 0) is 0 Å². The second kappa shape index (κ2) is 6.55. The Balaban J connectivity index is 2.06. The van der Waals surface area contributed by atoms with Crippen molar-refractivity contribution in [1.29, 1.82) is 0 Å². The molecule has 0 atom stereocenters. The van der Waals surface area contributed by atoms with Crippen LogP contribution in [0.2, 0.25) is 5.02 Å². The molecule has 0 amide bonds. The van der Waals surface area contributed by atoms with E-state index >= 15 is 0 Å². The van der Waals surface area contributed by atoms with E-state index in [1.54, 1.807) is 7.11 Å². The molecule has 0 saturated heterocycles. The summed E-state index contributed by atoms with van der Waals surface area (Å²) in [5.41, 5.74) is 1.81. The van der Waals surface area contributed by atoms with Crippen LogP contribution in [-0.4, -0.2) is 7.11 Å². The third-order valence-corrected chi connectivity index (χ3v) is 2.66. The fourth-order valence-electron chi connectivity index (χ4n) is 1.41. The molecule has 2 aromatic rings. The Morgan fingerprint density at radius 1 is 0.789 bits per heavy atom. The monoisotopic (exact) mass is 266 g/mol. The van der Waals surface area contributed by atoms with Crippen LogP contribution in [0.15, 0.2) is 48.5 Å². The molecule has 0 aliphatic rings. The highest BCUT2D eigenvalue weighted by Crippen LogP contribution is 2.10. The molecule has 1 nitrogen and oxygen atoms in total. The van der Waals surface area contributed by atoms with Crippen molar-refractivity contribution >= 4 is 11.6 Å². The molecule has 0 fully saturated rings. The molecule has 0 aliphatic heterocycles. The lowest BCUT2D eigenvalue weighted by atomic mass is 10.2. The summed E-state index contributed by atoms with van der Waals surface area (Å²) in [6.45, 7) is 0. The standard InChI is InChI=1S/C17H11ClO/c1-19-17-12-8-15(9-13-17)5-3-2-4-14-6-10-16(18)11-7-14/h6-13H,1H3. The highest BCUT2D eigenvalue weighted by Gasteiger charge is 1.89. The van der Waals surface area contributed by atoms with Crippen LogP contribution in [0, 0.1) is 23.7 Å². The van der Waals surface area contributed by atoms with Gasteiger partial charge in [0.1, 0.15) is 5.75 Å². The summed E-state index contributed by atoms with van der Waals surface area (Å²) in [4.78, 5) is 0. The number of hydrogen-bond acceptors (Lipinski definition) is 1. The average Bonchev–Trinajstić information content (AvgIpc) is 2.46. The fourth-order valence-corrected chi connectivity index (χ4v) is 1.54. The maximum absolute atomic E-state index is 5.79. The van der Waals surface area contributed by atoms with E-state index in [9.17, 15) is 0 Å². The minimum Gasteiger partial charge on any atom is -0.497 e. The fraction of sp³-hybridized carbons (Fsp3) is 0.0588. The van der Waals surface area contributed by atoms with E-state index < -0.39 is 0 Å². The summed E-state index contributed by atoms with van der Waals surface area (Å²) in [5, 5.41) is 0.704. The maximum Gasteiger partial charge on any atom is 0.118 e. The van der Waals surface area contributed by atoms with Crippen LogP contribution >= 0.6 is 11.6 Å². The van der Waals surface area contributed by atoms with Crippen molar-refractivity contribution in [3.8, 4) is 29.4 Å². The van der Waals surface area contributed by atoms with Crippen molar-refractivity contribution in [2.75, 3.05) is 7.11 Å². The number of benzene rings is 2. The predicted octanol–water partition coefficient (Wildman–Crippen LogP) is 3.75. The molecule has 0 aromatic heterocycles. The summed E-state index contributed by atoms with van der Waals surface area (Å²) in [7, 11) is 1.64. The van der Waals surface area contributed by atoms with Crippen LogP contribution in [0.3, 0.4) is 0 Å². The first kappa shape index (κ1) is 13.1. The average molecular weight is 267 g/mol. The first-order valence-electron chi connectivity index (χ1n) is 5.69. The van der Waals surface area contributed by atoms with E-state index in [4.69, 9.17) is 16.3 Å². The van der Waals surface area contributed by atoms with Crippen molar-refractivity contribution < 1.29 is 4.74 Å². The van der Waals surface area contributed by atoms with Gasteiger partial charge < -0.3 is 4.74 Å². The van der Waals surface area contributed by atoms with E-state index in [1.165, 1.54) is 0 Å². The molecule has 0 aliphatic carbocycles. The van der Waals surface area contributed by atoms with Crippen molar-refractivity contribution in [2.24, 2.45) is 0 Å². The molecular formula is C17H11ClO. The van der Waals surface area contributed by atoms with E-state index in [0.29, 0.717) is 5.02 Å². The number of methoxy groups -OCH3 is 1. The number of rotatable bonds is 1. The number of hydrogen-bond donors (Lipinski definition) is 0. The first-order chi connectivity index (χ1) is 9.28. The molecule has 2 aromatic carbocycles. The molecule has 2 heteroatoms. The Labute approximate surface area is 118 Å². The minimum atomic E-state index is 0.704. The van der Waals surface area contributed by atoms with Crippen LogP contribution in [0.4, 0.5) is 0 Å². The molecule has 0 saturated carbocycles. The lowest BCUT2D eigenvalue weighted by molar-refractivity contribution is 0.415. The molecule has 0 spiro atoms. The summed E-state index contributed by atoms with van der Waals surface area (Å²) in [6.07, 6.45) is 0. The van der Waals surface area contributed by atoms with Gasteiger partial charge in [-0.25, -0.2) is 0 Å². The second-order valence-corrected chi connectivity index (χ2v) is 4.17. The lowest BCUT2D eigenvalue weighted by Crippen LogP contribution is -1.81. The third kappa shape index (κ3) is 4.11. The molecular weight excluding hydrogens is 256 g/mol. The smallest absolute Gasteiger partial charge is 0.118 e. The molecule has 2 rings (SSSR count). The van der Waals surface area contributed by atoms with E-state index in [1.807, 2.05) is 48.5 Å². The Morgan fingerprint density at radius 2 is 1.26 bits per heavy atom. The van der Waals surface area contributed by atoms with Gasteiger partial charge in [0.2, 0.25) is 0 Å². The lowest BCUT2D eigenvalue weighted by Gasteiger charge is -1.96. The predicted molar refractivity (Wildman–Crippen MR) is 78.2 cm³/mol. The zero-order valence-electron chi connectivity index (χ0n) is 10.4. The van der Waals surface area contributed by atoms with Gasteiger partial charge in [0.25, 0.3) is 0 Å². The van der Waals surface area contributed by atoms with Crippen LogP contribution in [0.5, 0.6) is 5.75 Å². The summed E-state index contributed by atoms with van der Waals surface area (Å²) in [6, 6.07) is 14.9. The van der Waals surface area contributed by atoms with Crippen LogP contribution in [0.25, 0.3) is 0 Å². The second-order valence-electron chi connectivity index (χ2n) is 3.74. The maximum atomic E-state index is 5.79. The van der Waals surface area contributed by atoms with Gasteiger partial charge in [-0.15, -0.1) is 0 Å². The molecule has 0 N–H and O–H groups in total. The van der Waals surface area contributed by atoms with Gasteiger partial charge in [-0.1, -0.05) is 23.4 Å². The molecule has 19 heavy (non-hydrogen) atoms. The Hall–Kier alpha value is -2.35. The largest absolute Gasteiger partial charge is 0.497 e. The van der Waals surface area contributed by atoms with E-state index in [0.717, 1.165) is 16.9 Å². The summed E-state index contributed by atoms with van der Waals surface area (Å²) in [5.74, 6) is 12.4. The number of ether oxygens (including phenoxy) is 1. The molecule has 0 unspecified atom stereocenters. The van der Waals surface area contributed by atoms with Gasteiger partial charge in [-0.05, 0) is 60.4 Å². The topological polar surface area (TPSA) is 9.23 Å². The van der Waals surface area contributed by atoms with Gasteiger partial charge >= 0.3 is 0 Å². The van der Waals surface area contributed by atoms with Gasteiger partial charge in [0.05, 0.1) is 7.11 Å². The SMILES string of the molecule is COc1ccc(C#CC#Cc2ccc(Cl)cc2)cc1. The van der Waals surface area contributed by atoms with Crippen molar-refractivity contribution in [1.82, 2.24) is 0 Å². The molecule has 92 valence electrons. The van der Waals surface area contributed by atoms with E-state index in [-0.39, 0.29) is 0 Å². The van der Waals surface area contributed by atoms with E-state index in [2.05, 4.69) is 23.7 Å². The summed E-state index contributed by atoms with van der Waals surface area (Å²) < 4.78 is 5.08. The van der Waals surface area contributed by atoms with Gasteiger partial charge in [-0.3, -0.25) is 0 Å². The molecule has 0 bridgehead atoms. The molecule has 0 radical (unpaired) electrons. The van der Waals surface area contributed by atoms with Crippen molar-refractivity contribution in [3.63, 3.8) is 0 Å². The normalized spacial score (nSPS) is 8.74. The van der Waals surface area contributed by atoms with Crippen LogP contribution < -0.4 is 4.74 Å². The zero-order valence-corrected chi connectivity index (χ0v) is 11.2. The Kier molecular flexibility index (Phi) is 4.51. The van der Waals surface area contributed by atoms with Gasteiger partial charge in [0, 0.05) is 16.1 Å². The highest BCUT2D eigenvalue weighted by molar-refractivity contribution is 6.30. The third-order valence-electron chi connectivity index (χ3n) is 2.41. The Morgan fingerprint density at radius 3 is 1.74 bits per heavy atom. The minimum absolute atomic E-state index is 0.704. The number of halogens is 1. The first-order valence-corrected chi connectivity index (χ1v) is 6.07. The highest BCUT2D eigenvalue weighted by atomic mass is 35.5. The summed E-state index contributed by atoms with van der Waals surface area (Å²) >= 11 is 5.79. The van der Waals surface area contributed by atoms with Crippen LogP contribution in [0.1, 0.15) is 11.1 Å².